The Morgan fingerprint density at radius 2 is 2.12 bits per heavy atom. The summed E-state index contributed by atoms with van der Waals surface area (Å²) in [5.41, 5.74) is 0. The van der Waals surface area contributed by atoms with Crippen molar-refractivity contribution in [3.8, 4) is 0 Å². The Bertz CT molecular complexity index is 188. The first-order valence-electron chi connectivity index (χ1n) is 6.83. The summed E-state index contributed by atoms with van der Waals surface area (Å²) < 4.78 is 0. The maximum atomic E-state index is 11.6. The van der Waals surface area contributed by atoms with Crippen molar-refractivity contribution in [2.24, 2.45) is 0 Å². The number of hydrogen-bond acceptors (Lipinski definition) is 2. The molecule has 0 radical (unpaired) electrons. The molecule has 3 heteroatoms. The van der Waals surface area contributed by atoms with Gasteiger partial charge in [-0.05, 0) is 25.8 Å². The highest BCUT2D eigenvalue weighted by molar-refractivity contribution is 5.76. The van der Waals surface area contributed by atoms with Crippen molar-refractivity contribution in [3.05, 3.63) is 0 Å². The number of piperidine rings is 1. The summed E-state index contributed by atoms with van der Waals surface area (Å²) in [6, 6.07) is 0.372. The van der Waals surface area contributed by atoms with E-state index >= 15 is 0 Å². The highest BCUT2D eigenvalue weighted by Gasteiger charge is 2.14. The fourth-order valence-corrected chi connectivity index (χ4v) is 2.16. The molecule has 0 aromatic rings. The molecule has 0 bridgehead atoms. The second kappa shape index (κ2) is 8.57. The normalized spacial score (nSPS) is 20.7. The number of nitrogens with one attached hydrogen (secondary N) is 2. The Hall–Kier alpha value is -0.570. The fraction of sp³-hybridized carbons (Fsp3) is 0.923. The van der Waals surface area contributed by atoms with Gasteiger partial charge in [0.25, 0.3) is 0 Å². The first kappa shape index (κ1) is 13.5. The molecule has 1 amide bonds. The second-order valence-electron chi connectivity index (χ2n) is 4.78. The summed E-state index contributed by atoms with van der Waals surface area (Å²) in [5.74, 6) is 0.241. The van der Waals surface area contributed by atoms with E-state index in [1.54, 1.807) is 0 Å². The number of carbonyl (C=O) groups is 1. The fourth-order valence-electron chi connectivity index (χ4n) is 2.16. The molecule has 3 nitrogen and oxygen atoms in total. The number of hydrogen-bond donors (Lipinski definition) is 2. The first-order chi connectivity index (χ1) is 7.83. The molecule has 2 N–H and O–H groups in total. The molecular weight excluding hydrogens is 200 g/mol. The van der Waals surface area contributed by atoms with Crippen LogP contribution in [-0.4, -0.2) is 25.0 Å². The predicted molar refractivity (Wildman–Crippen MR) is 67.4 cm³/mol. The third-order valence-corrected chi connectivity index (χ3v) is 3.17. The van der Waals surface area contributed by atoms with Crippen molar-refractivity contribution < 1.29 is 4.79 Å². The lowest BCUT2D eigenvalue weighted by Crippen LogP contribution is -2.45. The molecule has 16 heavy (non-hydrogen) atoms. The van der Waals surface area contributed by atoms with Gasteiger partial charge in [0.2, 0.25) is 5.91 Å². The van der Waals surface area contributed by atoms with Crippen LogP contribution < -0.4 is 10.6 Å². The summed E-state index contributed by atoms with van der Waals surface area (Å²) in [4.78, 5) is 11.6. The molecule has 1 rings (SSSR count). The highest BCUT2D eigenvalue weighted by atomic mass is 16.1. The molecule has 1 atom stereocenters. The van der Waals surface area contributed by atoms with Crippen molar-refractivity contribution in [2.75, 3.05) is 13.1 Å². The van der Waals surface area contributed by atoms with Gasteiger partial charge in [-0.3, -0.25) is 4.79 Å². The Labute approximate surface area is 99.4 Å². The maximum absolute atomic E-state index is 11.6. The lowest BCUT2D eigenvalue weighted by Gasteiger charge is -2.23. The maximum Gasteiger partial charge on any atom is 0.220 e. The molecule has 94 valence electrons. The summed E-state index contributed by atoms with van der Waals surface area (Å²) in [7, 11) is 0. The SMILES string of the molecule is CCCCCCCC(=O)NC1CCCNC1. The Morgan fingerprint density at radius 3 is 2.81 bits per heavy atom. The number of rotatable bonds is 7. The molecule has 1 aliphatic rings. The minimum absolute atomic E-state index is 0.241. The van der Waals surface area contributed by atoms with Crippen molar-refractivity contribution in [1.29, 1.82) is 0 Å². The van der Waals surface area contributed by atoms with Gasteiger partial charge in [0.15, 0.2) is 0 Å². The number of unbranched alkanes of at least 4 members (excludes halogenated alkanes) is 4. The lowest BCUT2D eigenvalue weighted by atomic mass is 10.1. The minimum atomic E-state index is 0.241. The minimum Gasteiger partial charge on any atom is -0.352 e. The molecule has 1 heterocycles. The van der Waals surface area contributed by atoms with Crippen LogP contribution in [0.5, 0.6) is 0 Å². The molecule has 0 aromatic carbocycles. The summed E-state index contributed by atoms with van der Waals surface area (Å²) in [6.45, 7) is 4.26. The van der Waals surface area contributed by atoms with Crippen LogP contribution >= 0.6 is 0 Å². The van der Waals surface area contributed by atoms with E-state index in [1.807, 2.05) is 0 Å². The van der Waals surface area contributed by atoms with Gasteiger partial charge in [-0.15, -0.1) is 0 Å². The predicted octanol–water partition coefficient (Wildman–Crippen LogP) is 2.22. The summed E-state index contributed by atoms with van der Waals surface area (Å²) >= 11 is 0. The molecule has 1 aliphatic heterocycles. The zero-order chi connectivity index (χ0) is 11.6. The third kappa shape index (κ3) is 6.11. The van der Waals surface area contributed by atoms with Crippen molar-refractivity contribution in [1.82, 2.24) is 10.6 Å². The van der Waals surface area contributed by atoms with Crippen LogP contribution in [0, 0.1) is 0 Å². The zero-order valence-corrected chi connectivity index (χ0v) is 10.6. The standard InChI is InChI=1S/C13H26N2O/c1-2-3-4-5-6-9-13(16)15-12-8-7-10-14-11-12/h12,14H,2-11H2,1H3,(H,15,16). The first-order valence-corrected chi connectivity index (χ1v) is 6.83. The van der Waals surface area contributed by atoms with Crippen LogP contribution in [0.2, 0.25) is 0 Å². The van der Waals surface area contributed by atoms with Gasteiger partial charge in [0.05, 0.1) is 0 Å². The summed E-state index contributed by atoms with van der Waals surface area (Å²) in [5, 5.41) is 6.42. The number of carbonyl (C=O) groups excluding carboxylic acids is 1. The van der Waals surface area contributed by atoms with E-state index in [4.69, 9.17) is 0 Å². The average molecular weight is 226 g/mol. The van der Waals surface area contributed by atoms with E-state index in [0.29, 0.717) is 12.5 Å². The van der Waals surface area contributed by atoms with Crippen LogP contribution in [0.15, 0.2) is 0 Å². The molecule has 1 unspecified atom stereocenters. The largest absolute Gasteiger partial charge is 0.352 e. The van der Waals surface area contributed by atoms with Crippen LogP contribution in [0.3, 0.4) is 0 Å². The highest BCUT2D eigenvalue weighted by Crippen LogP contribution is 2.06. The third-order valence-electron chi connectivity index (χ3n) is 3.17. The smallest absolute Gasteiger partial charge is 0.220 e. The van der Waals surface area contributed by atoms with Crippen LogP contribution in [0.25, 0.3) is 0 Å². The molecule has 0 aromatic heterocycles. The van der Waals surface area contributed by atoms with Crippen molar-refractivity contribution >= 4 is 5.91 Å². The van der Waals surface area contributed by atoms with Gasteiger partial charge in [-0.2, -0.15) is 0 Å². The van der Waals surface area contributed by atoms with E-state index < -0.39 is 0 Å². The quantitative estimate of drug-likeness (QED) is 0.654. The Kier molecular flexibility index (Phi) is 7.23. The molecule has 0 saturated carbocycles. The van der Waals surface area contributed by atoms with Gasteiger partial charge >= 0.3 is 0 Å². The van der Waals surface area contributed by atoms with E-state index in [0.717, 1.165) is 25.9 Å². The van der Waals surface area contributed by atoms with Gasteiger partial charge in [-0.1, -0.05) is 32.6 Å². The lowest BCUT2D eigenvalue weighted by molar-refractivity contribution is -0.122. The zero-order valence-electron chi connectivity index (χ0n) is 10.6. The van der Waals surface area contributed by atoms with Crippen LogP contribution in [0.4, 0.5) is 0 Å². The molecule has 0 aliphatic carbocycles. The molecule has 1 fully saturated rings. The summed E-state index contributed by atoms with van der Waals surface area (Å²) in [6.07, 6.45) is 9.11. The molecule has 0 spiro atoms. The van der Waals surface area contributed by atoms with Gasteiger partial charge in [-0.25, -0.2) is 0 Å². The molecule has 1 saturated heterocycles. The van der Waals surface area contributed by atoms with Crippen LogP contribution in [-0.2, 0) is 4.79 Å². The monoisotopic (exact) mass is 226 g/mol. The van der Waals surface area contributed by atoms with Gasteiger partial charge < -0.3 is 10.6 Å². The molecular formula is C13H26N2O. The van der Waals surface area contributed by atoms with Crippen molar-refractivity contribution in [2.45, 2.75) is 64.3 Å². The average Bonchev–Trinajstić information content (AvgIpc) is 2.30. The Balaban J connectivity index is 1.97. The van der Waals surface area contributed by atoms with Gasteiger partial charge in [0, 0.05) is 19.0 Å². The van der Waals surface area contributed by atoms with E-state index in [-0.39, 0.29) is 5.91 Å². The van der Waals surface area contributed by atoms with E-state index in [2.05, 4.69) is 17.6 Å². The topological polar surface area (TPSA) is 41.1 Å². The van der Waals surface area contributed by atoms with Gasteiger partial charge in [0.1, 0.15) is 0 Å². The second-order valence-corrected chi connectivity index (χ2v) is 4.78. The Morgan fingerprint density at radius 1 is 1.31 bits per heavy atom. The van der Waals surface area contributed by atoms with E-state index in [1.165, 1.54) is 32.1 Å². The van der Waals surface area contributed by atoms with Crippen molar-refractivity contribution in [3.63, 3.8) is 0 Å². The van der Waals surface area contributed by atoms with Crippen LogP contribution in [0.1, 0.15) is 58.3 Å². The van der Waals surface area contributed by atoms with E-state index in [9.17, 15) is 4.79 Å². The number of amides is 1.